The predicted octanol–water partition coefficient (Wildman–Crippen LogP) is 4.51. The normalized spacial score (nSPS) is 10.8. The molecule has 0 aliphatic carbocycles. The van der Waals surface area contributed by atoms with Crippen molar-refractivity contribution in [3.8, 4) is 22.7 Å². The molecular formula is C21H16N2O2. The van der Waals surface area contributed by atoms with E-state index in [1.807, 2.05) is 66.7 Å². The van der Waals surface area contributed by atoms with Crippen LogP contribution in [0.2, 0.25) is 0 Å². The maximum absolute atomic E-state index is 11.5. The lowest BCUT2D eigenvalue weighted by atomic mass is 10.0. The van der Waals surface area contributed by atoms with Crippen LogP contribution in [0.4, 0.5) is 0 Å². The van der Waals surface area contributed by atoms with Gasteiger partial charge < -0.3 is 4.74 Å². The Bertz CT molecular complexity index is 1050. The number of nitrogens with zero attached hydrogens (tertiary/aromatic N) is 2. The van der Waals surface area contributed by atoms with Gasteiger partial charge in [-0.25, -0.2) is 4.68 Å². The van der Waals surface area contributed by atoms with E-state index in [0.717, 1.165) is 34.1 Å². The van der Waals surface area contributed by atoms with Crippen LogP contribution in [-0.2, 0) is 0 Å². The highest BCUT2D eigenvalue weighted by Crippen LogP contribution is 2.28. The van der Waals surface area contributed by atoms with E-state index in [9.17, 15) is 4.79 Å². The first-order valence-corrected chi connectivity index (χ1v) is 7.97. The lowest BCUT2D eigenvalue weighted by molar-refractivity contribution is 0.112. The largest absolute Gasteiger partial charge is 0.497 e. The minimum absolute atomic E-state index is 0.566. The van der Waals surface area contributed by atoms with Crippen molar-refractivity contribution in [1.29, 1.82) is 0 Å². The molecule has 0 saturated carbocycles. The maximum atomic E-state index is 11.5. The lowest BCUT2D eigenvalue weighted by Gasteiger charge is -2.05. The van der Waals surface area contributed by atoms with Gasteiger partial charge in [0.25, 0.3) is 0 Å². The quantitative estimate of drug-likeness (QED) is 0.518. The number of carbonyl (C=O) groups is 1. The zero-order valence-electron chi connectivity index (χ0n) is 13.7. The van der Waals surface area contributed by atoms with Crippen LogP contribution >= 0.6 is 0 Å². The summed E-state index contributed by atoms with van der Waals surface area (Å²) in [5.74, 6) is 0.821. The number of aldehydes is 1. The zero-order chi connectivity index (χ0) is 17.2. The van der Waals surface area contributed by atoms with Crippen LogP contribution in [0.5, 0.6) is 5.75 Å². The van der Waals surface area contributed by atoms with Gasteiger partial charge in [-0.3, -0.25) is 4.79 Å². The second-order valence-electron chi connectivity index (χ2n) is 5.76. The average molecular weight is 328 g/mol. The van der Waals surface area contributed by atoms with Crippen molar-refractivity contribution in [2.24, 2.45) is 0 Å². The van der Waals surface area contributed by atoms with Crippen LogP contribution in [0.15, 0.2) is 72.9 Å². The minimum atomic E-state index is 0.566. The van der Waals surface area contributed by atoms with Gasteiger partial charge in [-0.1, -0.05) is 36.4 Å². The van der Waals surface area contributed by atoms with Crippen LogP contribution in [0.25, 0.3) is 27.7 Å². The summed E-state index contributed by atoms with van der Waals surface area (Å²) in [5, 5.41) is 6.78. The van der Waals surface area contributed by atoms with E-state index in [0.29, 0.717) is 11.3 Å². The molecule has 0 spiro atoms. The molecule has 1 heterocycles. The molecule has 0 aliphatic heterocycles. The van der Waals surface area contributed by atoms with Crippen LogP contribution in [0, 0.1) is 0 Å². The van der Waals surface area contributed by atoms with Crippen molar-refractivity contribution in [2.75, 3.05) is 7.11 Å². The summed E-state index contributed by atoms with van der Waals surface area (Å²) in [6.07, 6.45) is 2.61. The first kappa shape index (κ1) is 15.1. The highest BCUT2D eigenvalue weighted by atomic mass is 16.5. The Hall–Kier alpha value is -3.40. The third-order valence-corrected chi connectivity index (χ3v) is 4.21. The Morgan fingerprint density at radius 1 is 0.960 bits per heavy atom. The van der Waals surface area contributed by atoms with E-state index < -0.39 is 0 Å². The minimum Gasteiger partial charge on any atom is -0.497 e. The fraction of sp³-hybridized carbons (Fsp3) is 0.0476. The molecule has 4 rings (SSSR count). The van der Waals surface area contributed by atoms with Crippen molar-refractivity contribution in [2.45, 2.75) is 0 Å². The zero-order valence-corrected chi connectivity index (χ0v) is 13.7. The van der Waals surface area contributed by atoms with Crippen molar-refractivity contribution in [3.63, 3.8) is 0 Å². The third-order valence-electron chi connectivity index (χ3n) is 4.21. The molecule has 4 nitrogen and oxygen atoms in total. The molecule has 1 aromatic heterocycles. The van der Waals surface area contributed by atoms with Gasteiger partial charge in [0.2, 0.25) is 0 Å². The van der Waals surface area contributed by atoms with Crippen LogP contribution < -0.4 is 4.74 Å². The second-order valence-corrected chi connectivity index (χ2v) is 5.76. The molecule has 3 aromatic carbocycles. The molecule has 122 valence electrons. The number of methoxy groups -OCH3 is 1. The van der Waals surface area contributed by atoms with E-state index in [2.05, 4.69) is 5.10 Å². The monoisotopic (exact) mass is 328 g/mol. The smallest absolute Gasteiger partial charge is 0.153 e. The molecular weight excluding hydrogens is 312 g/mol. The molecule has 0 N–H and O–H groups in total. The SMILES string of the molecule is COc1ccc2cc(-c3nn(-c4ccccc4)cc3C=O)ccc2c1. The van der Waals surface area contributed by atoms with E-state index in [4.69, 9.17) is 4.74 Å². The van der Waals surface area contributed by atoms with Gasteiger partial charge in [0.1, 0.15) is 11.4 Å². The molecule has 4 aromatic rings. The molecule has 0 fully saturated rings. The van der Waals surface area contributed by atoms with Gasteiger partial charge in [-0.2, -0.15) is 5.10 Å². The highest BCUT2D eigenvalue weighted by Gasteiger charge is 2.12. The van der Waals surface area contributed by atoms with Crippen molar-refractivity contribution < 1.29 is 9.53 Å². The number of hydrogen-bond acceptors (Lipinski definition) is 3. The van der Waals surface area contributed by atoms with E-state index in [1.165, 1.54) is 0 Å². The Balaban J connectivity index is 1.82. The molecule has 0 amide bonds. The number of aromatic nitrogens is 2. The van der Waals surface area contributed by atoms with Gasteiger partial charge in [-0.05, 0) is 41.1 Å². The van der Waals surface area contributed by atoms with Crippen LogP contribution in [-0.4, -0.2) is 23.2 Å². The van der Waals surface area contributed by atoms with Crippen molar-refractivity contribution in [3.05, 3.63) is 78.5 Å². The van der Waals surface area contributed by atoms with Gasteiger partial charge in [0.05, 0.1) is 18.4 Å². The Morgan fingerprint density at radius 3 is 2.48 bits per heavy atom. The van der Waals surface area contributed by atoms with Gasteiger partial charge in [0, 0.05) is 11.8 Å². The number of ether oxygens (including phenoxy) is 1. The molecule has 0 aliphatic rings. The Labute approximate surface area is 145 Å². The fourth-order valence-corrected chi connectivity index (χ4v) is 2.91. The number of para-hydroxylation sites is 1. The summed E-state index contributed by atoms with van der Waals surface area (Å²) < 4.78 is 7.00. The summed E-state index contributed by atoms with van der Waals surface area (Å²) >= 11 is 0. The predicted molar refractivity (Wildman–Crippen MR) is 98.4 cm³/mol. The summed E-state index contributed by atoms with van der Waals surface area (Å²) in [4.78, 5) is 11.5. The molecule has 0 atom stereocenters. The third kappa shape index (κ3) is 2.78. The molecule has 0 saturated heterocycles. The molecule has 4 heteroatoms. The van der Waals surface area contributed by atoms with Crippen molar-refractivity contribution >= 4 is 17.1 Å². The van der Waals surface area contributed by atoms with Crippen LogP contribution in [0.1, 0.15) is 10.4 Å². The number of benzene rings is 3. The molecule has 0 radical (unpaired) electrons. The summed E-state index contributed by atoms with van der Waals surface area (Å²) in [7, 11) is 1.65. The number of carbonyl (C=O) groups excluding carboxylic acids is 1. The summed E-state index contributed by atoms with van der Waals surface area (Å²) in [5.41, 5.74) is 3.07. The Kier molecular flexibility index (Phi) is 3.78. The van der Waals surface area contributed by atoms with Gasteiger partial charge in [0.15, 0.2) is 6.29 Å². The lowest BCUT2D eigenvalue weighted by Crippen LogP contribution is -1.94. The van der Waals surface area contributed by atoms with Crippen LogP contribution in [0.3, 0.4) is 0 Å². The summed E-state index contributed by atoms with van der Waals surface area (Å²) in [6.45, 7) is 0. The molecule has 25 heavy (non-hydrogen) atoms. The van der Waals surface area contributed by atoms with Crippen molar-refractivity contribution in [1.82, 2.24) is 9.78 Å². The van der Waals surface area contributed by atoms with E-state index in [-0.39, 0.29) is 0 Å². The first-order chi connectivity index (χ1) is 12.3. The Morgan fingerprint density at radius 2 is 1.72 bits per heavy atom. The number of rotatable bonds is 4. The highest BCUT2D eigenvalue weighted by molar-refractivity contribution is 5.91. The standard InChI is InChI=1S/C21H16N2O2/c1-25-20-10-9-15-11-17(8-7-16(15)12-20)21-18(14-24)13-23(22-21)19-5-3-2-4-6-19/h2-14H,1H3. The van der Waals surface area contributed by atoms with E-state index >= 15 is 0 Å². The number of hydrogen-bond donors (Lipinski definition) is 0. The maximum Gasteiger partial charge on any atom is 0.153 e. The fourth-order valence-electron chi connectivity index (χ4n) is 2.91. The average Bonchev–Trinajstić information content (AvgIpc) is 3.12. The van der Waals surface area contributed by atoms with E-state index in [1.54, 1.807) is 18.0 Å². The molecule has 0 bridgehead atoms. The first-order valence-electron chi connectivity index (χ1n) is 7.97. The second kappa shape index (κ2) is 6.24. The molecule has 0 unspecified atom stereocenters. The topological polar surface area (TPSA) is 44.1 Å². The van der Waals surface area contributed by atoms with Gasteiger partial charge >= 0.3 is 0 Å². The van der Waals surface area contributed by atoms with Gasteiger partial charge in [-0.15, -0.1) is 0 Å². The summed E-state index contributed by atoms with van der Waals surface area (Å²) in [6, 6.07) is 21.7. The number of fused-ring (bicyclic) bond motifs is 1.